The van der Waals surface area contributed by atoms with Crippen LogP contribution in [0.2, 0.25) is 0 Å². The molecule has 0 radical (unpaired) electrons. The third-order valence-corrected chi connectivity index (χ3v) is 9.99. The summed E-state index contributed by atoms with van der Waals surface area (Å²) in [6.45, 7) is 0. The van der Waals surface area contributed by atoms with E-state index in [9.17, 15) is 15.1 Å². The lowest BCUT2D eigenvalue weighted by Gasteiger charge is -2.21. The maximum absolute atomic E-state index is 10.0. The van der Waals surface area contributed by atoms with Gasteiger partial charge >= 0.3 is 0 Å². The summed E-state index contributed by atoms with van der Waals surface area (Å²) in [7, 11) is 0. The second-order valence-electron chi connectivity index (χ2n) is 12.9. The van der Waals surface area contributed by atoms with Crippen LogP contribution < -0.4 is 0 Å². The van der Waals surface area contributed by atoms with Gasteiger partial charge in [-0.3, -0.25) is 0 Å². The SMILES string of the molecule is [2H]c1c([2H])c([2H])c2c(oc3c([2H])c([2H])c4oc5c([2H])c(-c6c([2H])c([2H])c(-c7c8c([2H])c([2H])c([2H])c([2H])c8c(-c8ccccc8-c8ccccc8)c8c([2H])c([2H])c([2H])c([2H])c78)c7c([2H])c([2H])c([2H])c([2H])c67)c([2H])c([2H])c5c4c32)c1[2H]. The predicted octanol–water partition coefficient (Wildman–Crippen LogP) is 15.6. The molecular formula is C54H32O2. The lowest BCUT2D eigenvalue weighted by molar-refractivity contribution is 0.663. The van der Waals surface area contributed by atoms with Gasteiger partial charge in [-0.1, -0.05) is 163 Å². The standard InChI is InChI=1S/C54H32O2/c1-2-14-33(15-3-1)35-16-4-7-19-39(35)51-40-20-8-10-22-42(40)52(43-23-11-9-21-41(43)51)44-29-28-36(37-17-5-6-18-38(37)44)34-26-27-46-50(32-34)56-49-31-30-48-53(54(46)49)45-24-12-13-25-47(45)55-48/h1-32H/i5D,6D,8D,9D,10D,11D,12D,13D,17D,18D,20D,21D,22D,23D,24D,25D,26D,27D,28D,29D,30D,31D,32D. The fraction of sp³-hybridized carbons (Fsp3) is 0. The average Bonchev–Trinajstić information content (AvgIpc) is 4.28. The Morgan fingerprint density at radius 3 is 1.45 bits per heavy atom. The van der Waals surface area contributed by atoms with Crippen LogP contribution in [0.15, 0.2) is 202 Å². The first-order chi connectivity index (χ1) is 37.4. The van der Waals surface area contributed by atoms with Crippen molar-refractivity contribution in [3.8, 4) is 44.5 Å². The smallest absolute Gasteiger partial charge is 0.136 e. The van der Waals surface area contributed by atoms with Crippen LogP contribution in [-0.2, 0) is 0 Å². The van der Waals surface area contributed by atoms with E-state index in [1.54, 1.807) is 54.6 Å². The summed E-state index contributed by atoms with van der Waals surface area (Å²) in [4.78, 5) is 0. The van der Waals surface area contributed by atoms with E-state index in [2.05, 4.69) is 0 Å². The molecule has 0 amide bonds. The van der Waals surface area contributed by atoms with Gasteiger partial charge in [0.25, 0.3) is 0 Å². The zero-order valence-corrected chi connectivity index (χ0v) is 28.5. The summed E-state index contributed by atoms with van der Waals surface area (Å²) in [6, 6.07) is -2.48. The molecule has 0 aliphatic carbocycles. The molecule has 0 aliphatic rings. The Bertz CT molecular complexity index is 4790. The molecule has 12 aromatic rings. The molecule has 10 aromatic carbocycles. The highest BCUT2D eigenvalue weighted by Crippen LogP contribution is 2.48. The maximum atomic E-state index is 10.0. The Balaban J connectivity index is 1.30. The summed E-state index contributed by atoms with van der Waals surface area (Å²) in [5, 5.41) is -3.82. The molecule has 2 heterocycles. The van der Waals surface area contributed by atoms with Crippen LogP contribution in [0.5, 0.6) is 0 Å². The summed E-state index contributed by atoms with van der Waals surface area (Å²) in [6.07, 6.45) is 0. The molecule has 0 saturated carbocycles. The topological polar surface area (TPSA) is 26.3 Å². The van der Waals surface area contributed by atoms with Gasteiger partial charge < -0.3 is 8.83 Å². The van der Waals surface area contributed by atoms with Crippen LogP contribution in [0.3, 0.4) is 0 Å². The highest BCUT2D eigenvalue weighted by molar-refractivity contribution is 6.27. The predicted molar refractivity (Wildman–Crippen MR) is 235 cm³/mol. The number of furan rings is 2. The van der Waals surface area contributed by atoms with Crippen molar-refractivity contribution in [2.24, 2.45) is 0 Å². The van der Waals surface area contributed by atoms with Crippen molar-refractivity contribution >= 4 is 76.2 Å². The normalized spacial score (nSPS) is 17.7. The second kappa shape index (κ2) is 12.0. The van der Waals surface area contributed by atoms with E-state index in [1.165, 1.54) is 0 Å². The molecular weight excluding hydrogens is 681 g/mol. The van der Waals surface area contributed by atoms with Gasteiger partial charge in [0.15, 0.2) is 0 Å². The van der Waals surface area contributed by atoms with E-state index in [4.69, 9.17) is 25.3 Å². The third-order valence-electron chi connectivity index (χ3n) is 9.99. The van der Waals surface area contributed by atoms with E-state index in [0.717, 1.165) is 0 Å². The lowest BCUT2D eigenvalue weighted by Crippen LogP contribution is -1.93. The molecule has 2 heteroatoms. The first-order valence-corrected chi connectivity index (χ1v) is 17.3. The molecule has 0 atom stereocenters. The zero-order valence-electron chi connectivity index (χ0n) is 51.5. The van der Waals surface area contributed by atoms with Crippen LogP contribution in [-0.4, -0.2) is 0 Å². The minimum atomic E-state index is -0.972. The van der Waals surface area contributed by atoms with Crippen LogP contribution in [0, 0.1) is 0 Å². The van der Waals surface area contributed by atoms with Crippen LogP contribution in [0.1, 0.15) is 31.5 Å². The first-order valence-electron chi connectivity index (χ1n) is 28.8. The number of benzene rings is 10. The quantitative estimate of drug-likeness (QED) is 0.168. The van der Waals surface area contributed by atoms with Gasteiger partial charge in [-0.25, -0.2) is 0 Å². The highest BCUT2D eigenvalue weighted by atomic mass is 16.3. The molecule has 0 bridgehead atoms. The number of para-hydroxylation sites is 1. The van der Waals surface area contributed by atoms with Crippen molar-refractivity contribution in [2.45, 2.75) is 0 Å². The summed E-state index contributed by atoms with van der Waals surface area (Å²) < 4.78 is 224. The monoisotopic (exact) mass is 735 g/mol. The number of hydrogen-bond acceptors (Lipinski definition) is 2. The number of fused-ring (bicyclic) bond motifs is 10. The minimum Gasteiger partial charge on any atom is -0.456 e. The average molecular weight is 736 g/mol. The Hall–Kier alpha value is -7.42. The molecule has 0 saturated heterocycles. The molecule has 0 unspecified atom stereocenters. The number of rotatable bonds is 4. The van der Waals surface area contributed by atoms with Crippen molar-refractivity contribution in [1.82, 2.24) is 0 Å². The molecule has 0 fully saturated rings. The van der Waals surface area contributed by atoms with Gasteiger partial charge in [0, 0.05) is 21.5 Å². The Kier molecular flexibility index (Phi) is 3.47. The fourth-order valence-corrected chi connectivity index (χ4v) is 7.65. The van der Waals surface area contributed by atoms with Crippen molar-refractivity contribution in [2.75, 3.05) is 0 Å². The summed E-state index contributed by atoms with van der Waals surface area (Å²) >= 11 is 0. The summed E-state index contributed by atoms with van der Waals surface area (Å²) in [5.41, 5.74) is -3.06. The fourth-order valence-electron chi connectivity index (χ4n) is 7.65. The van der Waals surface area contributed by atoms with Crippen molar-refractivity contribution in [3.63, 3.8) is 0 Å². The third kappa shape index (κ3) is 4.50. The van der Waals surface area contributed by atoms with Gasteiger partial charge in [0.2, 0.25) is 0 Å². The Morgan fingerprint density at radius 1 is 0.304 bits per heavy atom. The largest absolute Gasteiger partial charge is 0.456 e. The van der Waals surface area contributed by atoms with E-state index < -0.39 is 205 Å². The van der Waals surface area contributed by atoms with Gasteiger partial charge in [-0.2, -0.15) is 0 Å². The second-order valence-corrected chi connectivity index (χ2v) is 12.9. The van der Waals surface area contributed by atoms with Crippen molar-refractivity contribution in [3.05, 3.63) is 194 Å². The highest BCUT2D eigenvalue weighted by Gasteiger charge is 2.21. The molecule has 0 aliphatic heterocycles. The van der Waals surface area contributed by atoms with Gasteiger partial charge in [0.1, 0.15) is 22.3 Å². The zero-order chi connectivity index (χ0) is 56.8. The molecule has 0 N–H and O–H groups in total. The number of hydrogen-bond donors (Lipinski definition) is 0. The van der Waals surface area contributed by atoms with Crippen molar-refractivity contribution in [1.29, 1.82) is 0 Å². The van der Waals surface area contributed by atoms with Gasteiger partial charge in [-0.05, 0) is 107 Å². The van der Waals surface area contributed by atoms with E-state index in [-0.39, 0.29) is 43.4 Å². The molecule has 12 rings (SSSR count). The Labute approximate surface area is 354 Å². The van der Waals surface area contributed by atoms with Gasteiger partial charge in [0.05, 0.1) is 31.5 Å². The van der Waals surface area contributed by atoms with Crippen LogP contribution >= 0.6 is 0 Å². The van der Waals surface area contributed by atoms with Crippen LogP contribution in [0.4, 0.5) is 0 Å². The first kappa shape index (κ1) is 16.1. The molecule has 0 spiro atoms. The molecule has 2 aromatic heterocycles. The van der Waals surface area contributed by atoms with E-state index in [0.29, 0.717) is 11.1 Å². The van der Waals surface area contributed by atoms with Crippen molar-refractivity contribution < 1.29 is 40.4 Å². The minimum absolute atomic E-state index is 0.0677. The van der Waals surface area contributed by atoms with E-state index in [1.807, 2.05) is 0 Å². The maximum Gasteiger partial charge on any atom is 0.136 e. The Morgan fingerprint density at radius 2 is 0.786 bits per heavy atom. The lowest BCUT2D eigenvalue weighted by atomic mass is 9.82. The van der Waals surface area contributed by atoms with Crippen LogP contribution in [0.25, 0.3) is 121 Å². The molecule has 2 nitrogen and oxygen atoms in total. The molecule has 56 heavy (non-hydrogen) atoms. The molecule has 260 valence electrons. The van der Waals surface area contributed by atoms with E-state index >= 15 is 0 Å². The summed E-state index contributed by atoms with van der Waals surface area (Å²) in [5.74, 6) is 0. The van der Waals surface area contributed by atoms with Gasteiger partial charge in [-0.15, -0.1) is 0 Å².